The van der Waals surface area contributed by atoms with Gasteiger partial charge >= 0.3 is 6.03 Å². The molecule has 0 spiro atoms. The number of hydrogen-bond donors (Lipinski definition) is 8. The van der Waals surface area contributed by atoms with Crippen molar-refractivity contribution < 1.29 is 34.8 Å². The molecule has 8 N–H and O–H groups in total. The largest absolute Gasteiger partial charge is 0.388 e. The number of piperidine rings is 2. The molecule has 2 saturated heterocycles. The van der Waals surface area contributed by atoms with Crippen LogP contribution in [-0.2, 0) is 9.59 Å². The van der Waals surface area contributed by atoms with E-state index in [0.717, 1.165) is 0 Å². The third-order valence-electron chi connectivity index (χ3n) is 12.4. The highest BCUT2D eigenvalue weighted by atomic mass is 35.5. The number of likely N-dealkylation sites (tertiary alicyclic amines) is 2. The van der Waals surface area contributed by atoms with Crippen LogP contribution >= 0.6 is 23.2 Å². The molecular formula is C37H50Cl2N14O7. The second-order valence-electron chi connectivity index (χ2n) is 16.0. The maximum atomic E-state index is 13.7. The summed E-state index contributed by atoms with van der Waals surface area (Å²) in [5, 5.41) is 55.5. The van der Waals surface area contributed by atoms with Crippen LogP contribution in [0.2, 0.25) is 10.6 Å². The normalized spacial score (nSPS) is 27.8. The molecule has 60 heavy (non-hydrogen) atoms. The first-order chi connectivity index (χ1) is 28.8. The van der Waals surface area contributed by atoms with Gasteiger partial charge in [-0.25, -0.2) is 14.8 Å². The number of carbonyl (C=O) groups is 3. The maximum Gasteiger partial charge on any atom is 0.320 e. The number of amides is 4. The minimum atomic E-state index is -1.16. The Morgan fingerprint density at radius 3 is 1.38 bits per heavy atom. The fraction of sp³-hybridized carbons (Fsp3) is 0.649. The summed E-state index contributed by atoms with van der Waals surface area (Å²) in [6.07, 6.45) is 2.12. The highest BCUT2D eigenvalue weighted by Crippen LogP contribution is 2.36. The van der Waals surface area contributed by atoms with Gasteiger partial charge in [0.2, 0.25) is 22.4 Å². The molecule has 4 aromatic heterocycles. The fourth-order valence-corrected chi connectivity index (χ4v) is 9.28. The maximum absolute atomic E-state index is 13.7. The third-order valence-corrected chi connectivity index (χ3v) is 12.7. The number of nitrogens with one attached hydrogen (secondary N) is 4. The van der Waals surface area contributed by atoms with Crippen LogP contribution in [0.4, 0.5) is 16.4 Å². The second-order valence-corrected chi connectivity index (χ2v) is 16.7. The van der Waals surface area contributed by atoms with Crippen LogP contribution in [0.3, 0.4) is 0 Å². The van der Waals surface area contributed by atoms with Crippen molar-refractivity contribution in [1.29, 1.82) is 0 Å². The summed E-state index contributed by atoms with van der Waals surface area (Å²) in [4.78, 5) is 68.1. The van der Waals surface area contributed by atoms with Gasteiger partial charge in [0.25, 0.3) is 0 Å². The molecule has 21 nitrogen and oxygen atoms in total. The van der Waals surface area contributed by atoms with Crippen molar-refractivity contribution >= 4 is 75.0 Å². The fourth-order valence-electron chi connectivity index (χ4n) is 8.96. The topological polar surface area (TPSA) is 274 Å². The average molecular weight is 874 g/mol. The lowest BCUT2D eigenvalue weighted by Crippen LogP contribution is -2.51. The smallest absolute Gasteiger partial charge is 0.320 e. The Morgan fingerprint density at radius 2 is 1.02 bits per heavy atom. The number of aliphatic hydroxyl groups excluding tert-OH is 4. The van der Waals surface area contributed by atoms with Crippen molar-refractivity contribution in [2.75, 3.05) is 36.8 Å². The molecule has 23 heteroatoms. The lowest BCUT2D eigenvalue weighted by atomic mass is 10.0. The first kappa shape index (κ1) is 42.0. The molecule has 0 aromatic carbocycles. The number of aromatic nitrogens is 8. The van der Waals surface area contributed by atoms with Gasteiger partial charge in [-0.1, -0.05) is 13.8 Å². The van der Waals surface area contributed by atoms with Crippen LogP contribution in [0.15, 0.2) is 12.7 Å². The molecule has 4 amide bonds. The van der Waals surface area contributed by atoms with Crippen LogP contribution in [0.1, 0.15) is 77.3 Å². The summed E-state index contributed by atoms with van der Waals surface area (Å²) in [6, 6.07) is -2.52. The molecule has 8 atom stereocenters. The molecular weight excluding hydrogens is 823 g/mol. The molecule has 4 fully saturated rings. The minimum absolute atomic E-state index is 0.0130. The standard InChI is InChI=1S/C37H50Cl2N14O7/c1-3-23(54)44-19-13-21(29(58)27(19)56)52-15-40-25-31(46-35(38)48-33(25)52)42-17-5-9-50(10-6-17)37(60)51-11-7-18(8-12-51)43-32-26-34(49-36(39)47-32)53(16-41-26)22-14-20(28(57)30(22)59)45-24(55)4-2/h15-22,27-30,56-59H,3-14H2,1-2H3,(H,44,54)(H,45,55)(H,42,46,48)(H,43,47,49)/t19-,20-,21+,22+,27+,28+,29-,30-/m0/s1. The van der Waals surface area contributed by atoms with Gasteiger partial charge in [0.15, 0.2) is 34.0 Å². The summed E-state index contributed by atoms with van der Waals surface area (Å²) >= 11 is 12.7. The van der Waals surface area contributed by atoms with E-state index in [1.807, 2.05) is 9.80 Å². The van der Waals surface area contributed by atoms with Crippen LogP contribution in [0.5, 0.6) is 0 Å². The minimum Gasteiger partial charge on any atom is -0.388 e. The summed E-state index contributed by atoms with van der Waals surface area (Å²) in [6.45, 7) is 5.55. The van der Waals surface area contributed by atoms with Gasteiger partial charge in [0, 0.05) is 51.1 Å². The number of nitrogens with zero attached hydrogens (tertiary/aromatic N) is 10. The van der Waals surface area contributed by atoms with E-state index in [0.29, 0.717) is 85.8 Å². The third kappa shape index (κ3) is 8.22. The van der Waals surface area contributed by atoms with E-state index >= 15 is 0 Å². The molecule has 2 saturated carbocycles. The summed E-state index contributed by atoms with van der Waals surface area (Å²) in [5.74, 6) is 0.428. The van der Waals surface area contributed by atoms with Gasteiger partial charge in [-0.3, -0.25) is 9.59 Å². The predicted molar refractivity (Wildman–Crippen MR) is 218 cm³/mol. The van der Waals surface area contributed by atoms with Crippen LogP contribution in [-0.4, -0.2) is 162 Å². The Bertz CT molecular complexity index is 2080. The Kier molecular flexibility index (Phi) is 12.2. The Balaban J connectivity index is 0.848. The number of carbonyl (C=O) groups excluding carboxylic acids is 3. The Labute approximate surface area is 354 Å². The SMILES string of the molecule is CCC(=O)N[C@H]1C[C@@H](n2cnc3c(NC4CCN(C(=O)N5CCC(Nc6nc(Cl)nc7c6ncn7[C@@H]6C[C@H](NC(=O)CC)[C@@H](O)[C@H]6O)CC5)CC4)nc(Cl)nc32)[C@H](O)[C@@H]1O. The molecule has 0 unspecified atom stereocenters. The van der Waals surface area contributed by atoms with Gasteiger partial charge in [-0.15, -0.1) is 0 Å². The predicted octanol–water partition coefficient (Wildman–Crippen LogP) is 0.968. The molecule has 8 rings (SSSR count). The molecule has 0 bridgehead atoms. The van der Waals surface area contributed by atoms with Gasteiger partial charge in [0.05, 0.1) is 36.8 Å². The number of imidazole rings is 2. The number of urea groups is 1. The summed E-state index contributed by atoms with van der Waals surface area (Å²) in [5.41, 5.74) is 1.69. The summed E-state index contributed by atoms with van der Waals surface area (Å²) < 4.78 is 3.33. The van der Waals surface area contributed by atoms with E-state index in [2.05, 4.69) is 51.2 Å². The number of anilines is 2. The van der Waals surface area contributed by atoms with E-state index < -0.39 is 48.6 Å². The highest BCUT2D eigenvalue weighted by Gasteiger charge is 2.45. The molecule has 4 aliphatic rings. The van der Waals surface area contributed by atoms with Gasteiger partial charge < -0.3 is 60.6 Å². The molecule has 2 aliphatic carbocycles. The zero-order chi connectivity index (χ0) is 42.4. The van der Waals surface area contributed by atoms with E-state index in [9.17, 15) is 34.8 Å². The number of fused-ring (bicyclic) bond motifs is 2. The lowest BCUT2D eigenvalue weighted by Gasteiger charge is -2.39. The first-order valence-electron chi connectivity index (χ1n) is 20.5. The average Bonchev–Trinajstić information content (AvgIpc) is 3.99. The van der Waals surface area contributed by atoms with Crippen molar-refractivity contribution in [3.8, 4) is 0 Å². The Hall–Kier alpha value is -4.67. The zero-order valence-corrected chi connectivity index (χ0v) is 34.7. The van der Waals surface area contributed by atoms with Crippen molar-refractivity contribution in [1.82, 2.24) is 59.5 Å². The van der Waals surface area contributed by atoms with Crippen molar-refractivity contribution in [2.24, 2.45) is 0 Å². The number of halogens is 2. The van der Waals surface area contributed by atoms with Gasteiger partial charge in [-0.2, -0.15) is 19.9 Å². The second kappa shape index (κ2) is 17.4. The zero-order valence-electron chi connectivity index (χ0n) is 33.2. The van der Waals surface area contributed by atoms with E-state index in [4.69, 9.17) is 23.2 Å². The van der Waals surface area contributed by atoms with E-state index in [-0.39, 0.29) is 66.2 Å². The number of aliphatic hydroxyl groups is 4. The van der Waals surface area contributed by atoms with Gasteiger partial charge in [0.1, 0.15) is 24.4 Å². The number of hydrogen-bond acceptors (Lipinski definition) is 15. The lowest BCUT2D eigenvalue weighted by molar-refractivity contribution is -0.123. The van der Waals surface area contributed by atoms with Crippen molar-refractivity contribution in [3.63, 3.8) is 0 Å². The quantitative estimate of drug-likeness (QED) is 0.103. The van der Waals surface area contributed by atoms with Crippen LogP contribution < -0.4 is 21.3 Å². The molecule has 324 valence electrons. The van der Waals surface area contributed by atoms with Crippen LogP contribution in [0.25, 0.3) is 22.3 Å². The molecule has 6 heterocycles. The first-order valence-corrected chi connectivity index (χ1v) is 21.3. The van der Waals surface area contributed by atoms with Crippen LogP contribution in [0, 0.1) is 0 Å². The highest BCUT2D eigenvalue weighted by molar-refractivity contribution is 6.29. The Morgan fingerprint density at radius 1 is 0.633 bits per heavy atom. The molecule has 4 aromatic rings. The van der Waals surface area contributed by atoms with Crippen molar-refractivity contribution in [2.45, 2.75) is 126 Å². The molecule has 0 radical (unpaired) electrons. The number of rotatable bonds is 10. The van der Waals surface area contributed by atoms with Gasteiger partial charge in [-0.05, 0) is 61.7 Å². The monoisotopic (exact) mass is 872 g/mol. The summed E-state index contributed by atoms with van der Waals surface area (Å²) in [7, 11) is 0. The van der Waals surface area contributed by atoms with E-state index in [1.54, 1.807) is 23.0 Å². The van der Waals surface area contributed by atoms with E-state index in [1.165, 1.54) is 12.7 Å². The van der Waals surface area contributed by atoms with Crippen molar-refractivity contribution in [3.05, 3.63) is 23.2 Å². The molecule has 2 aliphatic heterocycles.